The van der Waals surface area contributed by atoms with E-state index in [1.54, 1.807) is 133 Å². The molecular formula is C98H107Cl6N15O26S. The van der Waals surface area contributed by atoms with Crippen LogP contribution < -0.4 is 58.5 Å². The number of carboxylic acid groups (broad SMARTS) is 3. The lowest BCUT2D eigenvalue weighted by molar-refractivity contribution is -0.143. The lowest BCUT2D eigenvalue weighted by Crippen LogP contribution is -2.59. The maximum absolute atomic E-state index is 13.9. The van der Waals surface area contributed by atoms with E-state index in [9.17, 15) is 117 Å². The fourth-order valence-electron chi connectivity index (χ4n) is 14.7. The number of amides is 12. The summed E-state index contributed by atoms with van der Waals surface area (Å²) in [6, 6.07) is 17.6. The molecule has 3 aromatic heterocycles. The number of halogens is 6. The van der Waals surface area contributed by atoms with Gasteiger partial charge in [-0.15, -0.1) is 11.3 Å². The number of nitrogens with one attached hydrogen (secondary N) is 11. The van der Waals surface area contributed by atoms with Crippen molar-refractivity contribution in [1.29, 1.82) is 0 Å². The minimum absolute atomic E-state index is 0.0261. The third-order valence-electron chi connectivity index (χ3n) is 22.1. The summed E-state index contributed by atoms with van der Waals surface area (Å²) in [7, 11) is 0. The summed E-state index contributed by atoms with van der Waals surface area (Å²) in [6.45, 7) is 16.6. The van der Waals surface area contributed by atoms with Crippen LogP contribution in [0, 0.1) is 17.8 Å². The second kappa shape index (κ2) is 54.5. The zero-order chi connectivity index (χ0) is 108. The van der Waals surface area contributed by atoms with E-state index in [2.05, 4.69) is 73.4 Å². The van der Waals surface area contributed by atoms with Crippen LogP contribution in [0.15, 0.2) is 155 Å². The van der Waals surface area contributed by atoms with Gasteiger partial charge in [-0.3, -0.25) is 86.3 Å². The number of hydrogen-bond acceptors (Lipinski definition) is 27. The fraction of sp³-hybridized carbons (Fsp3) is 0.357. The minimum Gasteiger partial charge on any atom is -0.508 e. The standard InChI is InChI=1S/C34H37Cl2N5O9.C32H35Cl2N5O9.C32H35Cl2N5O8S/c1-17(2)29(40-31(47)24(38-18(3)42)14-19-9-11-20(43)12-10-19)34(49)41-13-5-8-25(41)32(48)39-23(15-27(44)45)30(46)33-37-16-26(50-33)28-21(35)6-4-7-22(28)36;2*1-15(2)27(39-30(46)23(37-17(4)40)12-18-8-10-19(41)11-9-18)31(47)36-16(3)29(45)38-22(13-25(42)43)28(44)32-35-14-24(48-32)26-20(33)6-5-7-21(26)34/h4,6-7,9-12,16-17,23-25,29,43H,5,8,13-15H2,1-3H3,(H,38,42)(H,39,48)(H,40,47)(H,44,45);2*5-11,14-16,22-23,27,41H,12-13H2,1-4H3,(H,36,47)(H,37,40)(H,38,45)(H,39,46)(H,42,43)/t23-,24-,25-,29-;2*16-,22-,23-,27-/m000/s1. The van der Waals surface area contributed by atoms with Crippen molar-refractivity contribution in [1.82, 2.24) is 78.3 Å². The molecule has 0 aliphatic carbocycles. The first-order valence-electron chi connectivity index (χ1n) is 45.2. The van der Waals surface area contributed by atoms with Crippen LogP contribution in [-0.4, -0.2) is 236 Å². The number of Topliss-reactive ketones (excluding diaryl/α,β-unsaturated/α-hetero) is 3. The first-order valence-corrected chi connectivity index (χ1v) is 48.3. The molecule has 146 heavy (non-hydrogen) atoms. The monoisotopic (exact) mass is 2150 g/mol. The van der Waals surface area contributed by atoms with E-state index in [4.69, 9.17) is 78.4 Å². The predicted octanol–water partition coefficient (Wildman–Crippen LogP) is 9.62. The topological polar surface area (TPSA) is 629 Å². The highest BCUT2D eigenvalue weighted by Gasteiger charge is 2.43. The van der Waals surface area contributed by atoms with Crippen molar-refractivity contribution in [2.75, 3.05) is 6.54 Å². The highest BCUT2D eigenvalue weighted by Crippen LogP contribution is 2.40. The van der Waals surface area contributed by atoms with Gasteiger partial charge < -0.3 is 103 Å². The molecule has 1 aliphatic heterocycles. The van der Waals surface area contributed by atoms with E-state index in [-0.39, 0.29) is 97.2 Å². The van der Waals surface area contributed by atoms with Gasteiger partial charge in [-0.25, -0.2) is 15.0 Å². The summed E-state index contributed by atoms with van der Waals surface area (Å²) in [5.74, 6) is -16.9. The van der Waals surface area contributed by atoms with E-state index < -0.39 is 227 Å². The SMILES string of the molecule is CC(=O)N[C@@H](Cc1ccc(O)cc1)C(=O)N[C@H](C(=O)N1CCC[C@H]1C(=O)N[C@@H](CC(=O)O)C(=O)c1ncc(-c2c(Cl)cccc2Cl)o1)C(C)C.CC(=O)N[C@@H](Cc1ccc(O)cc1)C(=O)N[C@H](C(=O)N[C@@H](C)C(=O)N[C@@H](CC(=O)O)C(=O)c1ncc(-c2c(Cl)cccc2Cl)o1)C(C)C.CC(=O)N[C@@H](Cc1ccc(O)cc1)C(=O)N[C@H](C(=O)N[C@@H](C)C(=O)N[C@@H](CC(=O)O)C(=O)c1ncc(-c2c(Cl)cccc2Cl)s1)C(C)C. The number of rotatable bonds is 44. The highest BCUT2D eigenvalue weighted by molar-refractivity contribution is 7.17. The normalized spacial score (nSPS) is 14.3. The molecule has 41 nitrogen and oxygen atoms in total. The number of phenols is 3. The maximum Gasteiger partial charge on any atom is 0.305 e. The van der Waals surface area contributed by atoms with E-state index in [0.29, 0.717) is 43.6 Å². The van der Waals surface area contributed by atoms with Crippen LogP contribution in [0.25, 0.3) is 33.1 Å². The Morgan fingerprint density at radius 1 is 0.370 bits per heavy atom. The summed E-state index contributed by atoms with van der Waals surface area (Å²) in [4.78, 5) is 244. The second-order valence-corrected chi connectivity index (χ2v) is 38.1. The zero-order valence-corrected chi connectivity index (χ0v) is 85.5. The highest BCUT2D eigenvalue weighted by atomic mass is 35.5. The Hall–Kier alpha value is -14.4. The molecule has 0 radical (unpaired) electrons. The molecule has 9 aromatic rings. The number of phenolic OH excluding ortho intramolecular Hbond substituents is 3. The Labute approximate surface area is 869 Å². The van der Waals surface area contributed by atoms with Crippen LogP contribution in [0.5, 0.6) is 17.2 Å². The van der Waals surface area contributed by atoms with Crippen LogP contribution in [0.4, 0.5) is 0 Å². The van der Waals surface area contributed by atoms with Gasteiger partial charge in [-0.05, 0) is 134 Å². The molecule has 0 bridgehead atoms. The summed E-state index contributed by atoms with van der Waals surface area (Å²) in [6.07, 6.45) is 2.23. The lowest BCUT2D eigenvalue weighted by atomic mass is 10.00. The Bertz CT molecular complexity index is 6000. The van der Waals surface area contributed by atoms with Crippen molar-refractivity contribution in [3.8, 4) is 50.3 Å². The summed E-state index contributed by atoms with van der Waals surface area (Å²) < 4.78 is 11.1. The molecule has 1 fully saturated rings. The first kappa shape index (κ1) is 117. The summed E-state index contributed by atoms with van der Waals surface area (Å²) in [5, 5.41) is 86.3. The molecule has 1 saturated heterocycles. The number of thiazole rings is 1. The van der Waals surface area contributed by atoms with Crippen LogP contribution in [0.1, 0.15) is 156 Å². The van der Waals surface area contributed by atoms with Gasteiger partial charge in [0.1, 0.15) is 89.8 Å². The van der Waals surface area contributed by atoms with Crippen LogP contribution in [0.2, 0.25) is 30.1 Å². The van der Waals surface area contributed by atoms with Gasteiger partial charge in [0.25, 0.3) is 11.8 Å². The Morgan fingerprint density at radius 3 is 1.01 bits per heavy atom. The first-order chi connectivity index (χ1) is 68.8. The number of benzene rings is 6. The Morgan fingerprint density at radius 2 is 0.685 bits per heavy atom. The van der Waals surface area contributed by atoms with Crippen molar-refractivity contribution >= 4 is 187 Å². The van der Waals surface area contributed by atoms with Gasteiger partial charge in [0, 0.05) is 58.3 Å². The molecule has 10 rings (SSSR count). The molecule has 0 saturated carbocycles. The fourth-order valence-corrected chi connectivity index (χ4v) is 17.6. The minimum atomic E-state index is -1.62. The van der Waals surface area contributed by atoms with Crippen molar-refractivity contribution in [3.63, 3.8) is 0 Å². The largest absolute Gasteiger partial charge is 0.508 e. The van der Waals surface area contributed by atoms with Crippen molar-refractivity contribution < 1.29 is 126 Å². The number of oxazole rings is 2. The summed E-state index contributed by atoms with van der Waals surface area (Å²) >= 11 is 38.3. The smallest absolute Gasteiger partial charge is 0.305 e. The number of aromatic nitrogens is 3. The number of ketones is 3. The van der Waals surface area contributed by atoms with Crippen molar-refractivity contribution in [3.05, 3.63) is 210 Å². The number of carbonyl (C=O) groups excluding carboxylic acids is 15. The maximum atomic E-state index is 13.9. The molecule has 0 spiro atoms. The molecule has 12 amide bonds. The van der Waals surface area contributed by atoms with E-state index in [0.717, 1.165) is 11.3 Å². The number of carbonyl (C=O) groups is 18. The van der Waals surface area contributed by atoms with Gasteiger partial charge in [-0.2, -0.15) is 0 Å². The number of aliphatic carboxylic acids is 3. The van der Waals surface area contributed by atoms with Crippen molar-refractivity contribution in [2.24, 2.45) is 17.8 Å². The molecule has 1 aliphatic rings. The van der Waals surface area contributed by atoms with Gasteiger partial charge in [0.05, 0.1) is 77.8 Å². The van der Waals surface area contributed by atoms with E-state index in [1.165, 1.54) is 94.5 Å². The average Bonchev–Trinajstić information content (AvgIpc) is 1.66. The number of aromatic hydroxyl groups is 3. The molecule has 17 N–H and O–H groups in total. The third kappa shape index (κ3) is 34.1. The number of nitrogens with zero attached hydrogens (tertiary/aromatic N) is 4. The molecule has 6 aromatic carbocycles. The number of likely N-dealkylation sites (tertiary alicyclic amines) is 1. The van der Waals surface area contributed by atoms with E-state index >= 15 is 0 Å². The Balaban J connectivity index is 0.000000267. The van der Waals surface area contributed by atoms with Crippen LogP contribution in [-0.2, 0) is 91.2 Å². The molecule has 12 atom stereocenters. The Kier molecular flexibility index (Phi) is 43.6. The summed E-state index contributed by atoms with van der Waals surface area (Å²) in [5.41, 5.74) is 2.92. The van der Waals surface area contributed by atoms with E-state index in [1.807, 2.05) is 0 Å². The lowest BCUT2D eigenvalue weighted by Gasteiger charge is -2.32. The molecular weight excluding hydrogens is 2050 g/mol. The van der Waals surface area contributed by atoms with Crippen LogP contribution >= 0.6 is 80.9 Å². The average molecular weight is 2160 g/mol. The number of carboxylic acids is 3. The molecule has 48 heteroatoms. The third-order valence-corrected chi connectivity index (χ3v) is 25.0. The van der Waals surface area contributed by atoms with Gasteiger partial charge >= 0.3 is 17.9 Å². The van der Waals surface area contributed by atoms with Gasteiger partial charge in [0.2, 0.25) is 88.2 Å². The molecule has 0 unspecified atom stereocenters. The van der Waals surface area contributed by atoms with Crippen LogP contribution in [0.3, 0.4) is 0 Å². The molecule has 778 valence electrons. The predicted molar refractivity (Wildman–Crippen MR) is 536 cm³/mol. The second-order valence-electron chi connectivity index (χ2n) is 34.7. The van der Waals surface area contributed by atoms with Gasteiger partial charge in [0.15, 0.2) is 16.5 Å². The zero-order valence-electron chi connectivity index (χ0n) is 80.2. The van der Waals surface area contributed by atoms with Crippen molar-refractivity contribution in [2.45, 2.75) is 200 Å². The quantitative estimate of drug-likeness (QED) is 0.0158. The van der Waals surface area contributed by atoms with Gasteiger partial charge in [-0.1, -0.05) is 166 Å². The molecule has 4 heterocycles. The number of hydrogen-bond donors (Lipinski definition) is 17.